The molecule has 0 radical (unpaired) electrons. The predicted octanol–water partition coefficient (Wildman–Crippen LogP) is 3.92. The molecule has 0 spiro atoms. The molecule has 2 aromatic carbocycles. The average molecular weight is 415 g/mol. The summed E-state index contributed by atoms with van der Waals surface area (Å²) in [7, 11) is 0. The van der Waals surface area contributed by atoms with Gasteiger partial charge >= 0.3 is 0 Å². The highest BCUT2D eigenvalue weighted by molar-refractivity contribution is 6.35. The van der Waals surface area contributed by atoms with E-state index in [1.165, 1.54) is 18.2 Å². The number of benzene rings is 2. The van der Waals surface area contributed by atoms with Gasteiger partial charge in [-0.15, -0.1) is 0 Å². The molecular formula is C18H19Cl2FN3O3+. The van der Waals surface area contributed by atoms with Gasteiger partial charge in [-0.2, -0.15) is 0 Å². The standard InChI is InChI=1S/C18H18Cl2FN3O3/c1-9-4-5-16(24(26)27)18(10(9)2)23-17(25)8-22-11(3)12-6-15(21)14(20)7-13(12)19/h4-7,11,22H,8H2,1-3H3,(H,23,25)/p+1/t11-/m1/s1. The number of amides is 1. The number of nitrogens with two attached hydrogens (primary N) is 1. The van der Waals surface area contributed by atoms with Gasteiger partial charge in [-0.25, -0.2) is 4.39 Å². The molecule has 0 aliphatic carbocycles. The van der Waals surface area contributed by atoms with E-state index in [2.05, 4.69) is 5.32 Å². The fourth-order valence-electron chi connectivity index (χ4n) is 2.60. The average Bonchev–Trinajstić information content (AvgIpc) is 2.59. The van der Waals surface area contributed by atoms with Crippen molar-refractivity contribution < 1.29 is 19.4 Å². The lowest BCUT2D eigenvalue weighted by atomic mass is 10.1. The minimum absolute atomic E-state index is 0.0216. The van der Waals surface area contributed by atoms with Gasteiger partial charge in [0, 0.05) is 11.6 Å². The molecule has 0 aliphatic heterocycles. The highest BCUT2D eigenvalue weighted by Gasteiger charge is 2.21. The Balaban J connectivity index is 2.10. The fourth-order valence-corrected chi connectivity index (χ4v) is 3.15. The molecule has 0 saturated carbocycles. The van der Waals surface area contributed by atoms with E-state index in [-0.39, 0.29) is 29.0 Å². The number of halogens is 3. The Labute approximate surface area is 165 Å². The second kappa shape index (κ2) is 8.65. The molecule has 144 valence electrons. The number of anilines is 1. The van der Waals surface area contributed by atoms with Crippen LogP contribution in [0.1, 0.15) is 29.7 Å². The Hall–Kier alpha value is -2.22. The molecule has 6 nitrogen and oxygen atoms in total. The number of nitrogens with one attached hydrogen (secondary N) is 1. The fraction of sp³-hybridized carbons (Fsp3) is 0.278. The van der Waals surface area contributed by atoms with Gasteiger partial charge in [-0.05, 0) is 44.0 Å². The van der Waals surface area contributed by atoms with Crippen molar-refractivity contribution in [1.82, 2.24) is 0 Å². The molecule has 0 aromatic heterocycles. The number of hydrogen-bond donors (Lipinski definition) is 2. The number of hydrogen-bond acceptors (Lipinski definition) is 3. The molecule has 0 saturated heterocycles. The van der Waals surface area contributed by atoms with Crippen LogP contribution in [0.15, 0.2) is 24.3 Å². The summed E-state index contributed by atoms with van der Waals surface area (Å²) < 4.78 is 13.7. The first-order valence-electron chi connectivity index (χ1n) is 8.14. The highest BCUT2D eigenvalue weighted by atomic mass is 35.5. The Morgan fingerprint density at radius 2 is 1.96 bits per heavy atom. The van der Waals surface area contributed by atoms with Gasteiger partial charge < -0.3 is 10.6 Å². The third-order valence-electron chi connectivity index (χ3n) is 4.36. The van der Waals surface area contributed by atoms with E-state index in [0.29, 0.717) is 16.1 Å². The van der Waals surface area contributed by atoms with E-state index < -0.39 is 16.6 Å². The van der Waals surface area contributed by atoms with Crippen molar-refractivity contribution in [3.05, 3.63) is 66.9 Å². The lowest BCUT2D eigenvalue weighted by Crippen LogP contribution is -2.86. The lowest BCUT2D eigenvalue weighted by Gasteiger charge is -2.14. The van der Waals surface area contributed by atoms with Gasteiger partial charge in [0.05, 0.1) is 15.0 Å². The minimum Gasteiger partial charge on any atom is -0.332 e. The third-order valence-corrected chi connectivity index (χ3v) is 4.98. The Kier molecular flexibility index (Phi) is 6.75. The maximum atomic E-state index is 13.7. The molecule has 2 aromatic rings. The molecule has 0 heterocycles. The Bertz CT molecular complexity index is 906. The minimum atomic E-state index is -0.591. The van der Waals surface area contributed by atoms with Gasteiger partial charge in [0.25, 0.3) is 11.6 Å². The molecule has 2 rings (SSSR count). The van der Waals surface area contributed by atoms with Gasteiger partial charge in [0.15, 0.2) is 6.54 Å². The highest BCUT2D eigenvalue weighted by Crippen LogP contribution is 2.30. The zero-order chi connectivity index (χ0) is 20.3. The molecule has 1 amide bonds. The van der Waals surface area contributed by atoms with Crippen molar-refractivity contribution in [3.63, 3.8) is 0 Å². The molecule has 27 heavy (non-hydrogen) atoms. The van der Waals surface area contributed by atoms with E-state index in [1.54, 1.807) is 32.2 Å². The smallest absolute Gasteiger partial charge is 0.293 e. The van der Waals surface area contributed by atoms with Crippen molar-refractivity contribution >= 4 is 40.5 Å². The van der Waals surface area contributed by atoms with Crippen LogP contribution in [0.2, 0.25) is 10.0 Å². The van der Waals surface area contributed by atoms with Crippen LogP contribution in [0.4, 0.5) is 15.8 Å². The van der Waals surface area contributed by atoms with Gasteiger partial charge in [0.1, 0.15) is 17.5 Å². The molecule has 0 fully saturated rings. The predicted molar refractivity (Wildman–Crippen MR) is 103 cm³/mol. The van der Waals surface area contributed by atoms with Crippen LogP contribution in [-0.4, -0.2) is 17.4 Å². The first-order chi connectivity index (χ1) is 12.6. The summed E-state index contributed by atoms with van der Waals surface area (Å²) in [6.45, 7) is 5.26. The zero-order valence-corrected chi connectivity index (χ0v) is 16.5. The maximum absolute atomic E-state index is 13.7. The van der Waals surface area contributed by atoms with E-state index in [9.17, 15) is 19.3 Å². The van der Waals surface area contributed by atoms with Crippen molar-refractivity contribution in [3.8, 4) is 0 Å². The van der Waals surface area contributed by atoms with Gasteiger partial charge in [-0.1, -0.05) is 29.3 Å². The third kappa shape index (κ3) is 4.94. The topological polar surface area (TPSA) is 88.9 Å². The van der Waals surface area contributed by atoms with Crippen LogP contribution in [0, 0.1) is 29.8 Å². The molecule has 0 unspecified atom stereocenters. The van der Waals surface area contributed by atoms with Crippen molar-refractivity contribution in [2.75, 3.05) is 11.9 Å². The number of nitrogens with zero attached hydrogens (tertiary/aromatic N) is 1. The van der Waals surface area contributed by atoms with Crippen molar-refractivity contribution in [2.45, 2.75) is 26.8 Å². The van der Waals surface area contributed by atoms with Crippen molar-refractivity contribution in [1.29, 1.82) is 0 Å². The van der Waals surface area contributed by atoms with Crippen molar-refractivity contribution in [2.24, 2.45) is 0 Å². The Morgan fingerprint density at radius 1 is 1.30 bits per heavy atom. The van der Waals surface area contributed by atoms with Crippen LogP contribution in [0.25, 0.3) is 0 Å². The summed E-state index contributed by atoms with van der Waals surface area (Å²) >= 11 is 11.8. The number of quaternary nitrogens is 1. The summed E-state index contributed by atoms with van der Waals surface area (Å²) in [5.41, 5.74) is 1.98. The number of carbonyl (C=O) groups is 1. The second-order valence-corrected chi connectivity index (χ2v) is 7.04. The summed E-state index contributed by atoms with van der Waals surface area (Å²) in [4.78, 5) is 23.0. The number of nitro benzene ring substituents is 1. The summed E-state index contributed by atoms with van der Waals surface area (Å²) in [6, 6.07) is 5.23. The van der Waals surface area contributed by atoms with Gasteiger partial charge in [0.2, 0.25) is 0 Å². The van der Waals surface area contributed by atoms with E-state index in [4.69, 9.17) is 23.2 Å². The molecule has 9 heteroatoms. The second-order valence-electron chi connectivity index (χ2n) is 6.22. The van der Waals surface area contributed by atoms with E-state index in [1.807, 2.05) is 0 Å². The zero-order valence-electron chi connectivity index (χ0n) is 15.0. The van der Waals surface area contributed by atoms with Crippen LogP contribution in [-0.2, 0) is 4.79 Å². The monoisotopic (exact) mass is 414 g/mol. The number of nitro groups is 1. The van der Waals surface area contributed by atoms with Crippen LogP contribution < -0.4 is 10.6 Å². The molecule has 1 atom stereocenters. The largest absolute Gasteiger partial charge is 0.332 e. The number of aryl methyl sites for hydroxylation is 1. The molecule has 0 aliphatic rings. The normalized spacial score (nSPS) is 11.9. The Morgan fingerprint density at radius 3 is 2.59 bits per heavy atom. The number of rotatable bonds is 6. The first kappa shape index (κ1) is 21.1. The van der Waals surface area contributed by atoms with Crippen LogP contribution in [0.5, 0.6) is 0 Å². The van der Waals surface area contributed by atoms with E-state index >= 15 is 0 Å². The van der Waals surface area contributed by atoms with Crippen LogP contribution >= 0.6 is 23.2 Å². The summed E-state index contributed by atoms with van der Waals surface area (Å²) in [6.07, 6.45) is 0. The summed E-state index contributed by atoms with van der Waals surface area (Å²) in [5.74, 6) is -1.00. The molecular weight excluding hydrogens is 396 g/mol. The van der Waals surface area contributed by atoms with E-state index in [0.717, 1.165) is 5.56 Å². The molecule has 0 bridgehead atoms. The summed E-state index contributed by atoms with van der Waals surface area (Å²) in [5, 5.41) is 15.7. The number of carbonyl (C=O) groups excluding carboxylic acids is 1. The quantitative estimate of drug-likeness (QED) is 0.426. The maximum Gasteiger partial charge on any atom is 0.293 e. The lowest BCUT2D eigenvalue weighted by molar-refractivity contribution is -0.682. The van der Waals surface area contributed by atoms with Crippen LogP contribution in [0.3, 0.4) is 0 Å². The first-order valence-corrected chi connectivity index (χ1v) is 8.89. The SMILES string of the molecule is Cc1ccc([N+](=O)[O-])c(NC(=O)C[NH2+][C@H](C)c2cc(F)c(Cl)cc2Cl)c1C. The molecule has 3 N–H and O–H groups in total. The van der Waals surface area contributed by atoms with Gasteiger partial charge in [-0.3, -0.25) is 14.9 Å².